The maximum atomic E-state index is 12.3. The van der Waals surface area contributed by atoms with Crippen molar-refractivity contribution in [1.29, 1.82) is 0 Å². The van der Waals surface area contributed by atoms with Crippen molar-refractivity contribution in [2.75, 3.05) is 21.2 Å². The largest absolute Gasteiger partial charge is 0.497 e. The Morgan fingerprint density at radius 3 is 2.20 bits per heavy atom. The molecule has 0 aliphatic rings. The van der Waals surface area contributed by atoms with Crippen molar-refractivity contribution in [2.24, 2.45) is 0 Å². The number of rotatable bonds is 6. The molecule has 0 saturated heterocycles. The average Bonchev–Trinajstić information content (AvgIpc) is 2.65. The van der Waals surface area contributed by atoms with Crippen LogP contribution in [0.25, 0.3) is 6.08 Å². The summed E-state index contributed by atoms with van der Waals surface area (Å²) in [6, 6.07) is 16.2. The van der Waals surface area contributed by atoms with E-state index in [9.17, 15) is 9.59 Å². The Morgan fingerprint density at radius 1 is 1.00 bits per heavy atom. The Bertz CT molecular complexity index is 736. The minimum atomic E-state index is -0.968. The number of carbonyl (C=O) groups excluding carboxylic acids is 2. The monoisotopic (exact) mass is 339 g/mol. The molecule has 130 valence electrons. The van der Waals surface area contributed by atoms with Gasteiger partial charge in [0, 0.05) is 25.7 Å². The van der Waals surface area contributed by atoms with E-state index in [0.717, 1.165) is 11.3 Å². The number of hydrogen-bond donors (Lipinski definition) is 0. The molecular formula is C20H21NO4. The summed E-state index contributed by atoms with van der Waals surface area (Å²) >= 11 is 0. The maximum Gasteiger partial charge on any atom is 0.331 e. The van der Waals surface area contributed by atoms with Crippen molar-refractivity contribution in [3.8, 4) is 5.75 Å². The van der Waals surface area contributed by atoms with Gasteiger partial charge in [0.2, 0.25) is 6.10 Å². The number of likely N-dealkylation sites (N-methyl/N-ethyl adjacent to an activating group) is 1. The Morgan fingerprint density at radius 2 is 1.64 bits per heavy atom. The van der Waals surface area contributed by atoms with Crippen molar-refractivity contribution < 1.29 is 19.1 Å². The molecule has 1 atom stereocenters. The number of hydrogen-bond acceptors (Lipinski definition) is 4. The van der Waals surface area contributed by atoms with Gasteiger partial charge in [0.05, 0.1) is 7.11 Å². The average molecular weight is 339 g/mol. The summed E-state index contributed by atoms with van der Waals surface area (Å²) in [5.41, 5.74) is 1.46. The molecule has 0 aliphatic heterocycles. The van der Waals surface area contributed by atoms with Gasteiger partial charge in [-0.25, -0.2) is 4.79 Å². The van der Waals surface area contributed by atoms with Gasteiger partial charge in [0.25, 0.3) is 5.91 Å². The summed E-state index contributed by atoms with van der Waals surface area (Å²) in [6.45, 7) is 0. The number of carbonyl (C=O) groups is 2. The standard InChI is InChI=1S/C20H21NO4/c1-21(2)20(23)19(16-7-5-4-6-8-16)25-18(22)14-11-15-9-12-17(24-3)13-10-15/h4-14,19H,1-3H3/b14-11+/t19-/m0/s1. The van der Waals surface area contributed by atoms with Crippen molar-refractivity contribution in [3.63, 3.8) is 0 Å². The molecule has 0 unspecified atom stereocenters. The molecule has 0 spiro atoms. The Balaban J connectivity index is 2.10. The molecule has 1 amide bonds. The number of amides is 1. The van der Waals surface area contributed by atoms with Crippen LogP contribution in [0.3, 0.4) is 0 Å². The predicted octanol–water partition coefficient (Wildman–Crippen LogP) is 3.08. The maximum absolute atomic E-state index is 12.3. The second-order valence-corrected chi connectivity index (χ2v) is 5.57. The topological polar surface area (TPSA) is 55.8 Å². The van der Waals surface area contributed by atoms with Gasteiger partial charge in [-0.2, -0.15) is 0 Å². The first-order valence-electron chi connectivity index (χ1n) is 7.80. The molecule has 0 N–H and O–H groups in total. The predicted molar refractivity (Wildman–Crippen MR) is 96.0 cm³/mol. The summed E-state index contributed by atoms with van der Waals surface area (Å²) in [7, 11) is 4.84. The lowest BCUT2D eigenvalue weighted by atomic mass is 10.1. The zero-order chi connectivity index (χ0) is 18.2. The van der Waals surface area contributed by atoms with Crippen molar-refractivity contribution in [3.05, 3.63) is 71.8 Å². The lowest BCUT2D eigenvalue weighted by Gasteiger charge is -2.20. The fraction of sp³-hybridized carbons (Fsp3) is 0.200. The summed E-state index contributed by atoms with van der Waals surface area (Å²) in [6.07, 6.45) is 1.97. The quantitative estimate of drug-likeness (QED) is 0.599. The van der Waals surface area contributed by atoms with Gasteiger partial charge in [-0.15, -0.1) is 0 Å². The first-order chi connectivity index (χ1) is 12.0. The van der Waals surface area contributed by atoms with Gasteiger partial charge >= 0.3 is 5.97 Å². The molecule has 2 aromatic rings. The van der Waals surface area contributed by atoms with Crippen LogP contribution in [0.2, 0.25) is 0 Å². The molecule has 0 heterocycles. The van der Waals surface area contributed by atoms with E-state index < -0.39 is 12.1 Å². The Kier molecular flexibility index (Phi) is 6.34. The summed E-state index contributed by atoms with van der Waals surface area (Å²) in [5, 5.41) is 0. The van der Waals surface area contributed by atoms with E-state index in [2.05, 4.69) is 0 Å². The number of nitrogens with zero attached hydrogens (tertiary/aromatic N) is 1. The van der Waals surface area contributed by atoms with Gasteiger partial charge in [0.1, 0.15) is 5.75 Å². The van der Waals surface area contributed by atoms with E-state index >= 15 is 0 Å². The number of methoxy groups -OCH3 is 1. The van der Waals surface area contributed by atoms with Crippen LogP contribution in [0.15, 0.2) is 60.7 Å². The summed E-state index contributed by atoms with van der Waals surface area (Å²) in [4.78, 5) is 25.9. The molecule has 2 rings (SSSR count). The lowest BCUT2D eigenvalue weighted by Crippen LogP contribution is -2.30. The van der Waals surface area contributed by atoms with Crippen LogP contribution in [-0.2, 0) is 14.3 Å². The van der Waals surface area contributed by atoms with Gasteiger partial charge in [0.15, 0.2) is 0 Å². The van der Waals surface area contributed by atoms with Gasteiger partial charge < -0.3 is 14.4 Å². The minimum Gasteiger partial charge on any atom is -0.497 e. The highest BCUT2D eigenvalue weighted by molar-refractivity contribution is 5.90. The van der Waals surface area contributed by atoms with Crippen LogP contribution in [0.5, 0.6) is 5.75 Å². The summed E-state index contributed by atoms with van der Waals surface area (Å²) in [5.74, 6) is -0.141. The molecular weight excluding hydrogens is 318 g/mol. The van der Waals surface area contributed by atoms with Gasteiger partial charge in [-0.1, -0.05) is 42.5 Å². The highest BCUT2D eigenvalue weighted by Crippen LogP contribution is 2.20. The smallest absolute Gasteiger partial charge is 0.331 e. The van der Waals surface area contributed by atoms with Gasteiger partial charge in [-0.3, -0.25) is 4.79 Å². The Labute approximate surface area is 147 Å². The zero-order valence-corrected chi connectivity index (χ0v) is 14.5. The van der Waals surface area contributed by atoms with Crippen LogP contribution < -0.4 is 4.74 Å². The number of benzene rings is 2. The van der Waals surface area contributed by atoms with Crippen molar-refractivity contribution in [2.45, 2.75) is 6.10 Å². The normalized spacial score (nSPS) is 11.8. The second-order valence-electron chi connectivity index (χ2n) is 5.57. The van der Waals surface area contributed by atoms with Crippen molar-refractivity contribution >= 4 is 18.0 Å². The summed E-state index contributed by atoms with van der Waals surface area (Å²) < 4.78 is 10.5. The highest BCUT2D eigenvalue weighted by Gasteiger charge is 2.25. The molecule has 0 aromatic heterocycles. The fourth-order valence-corrected chi connectivity index (χ4v) is 2.16. The SMILES string of the molecule is COc1ccc(/C=C/C(=O)O[C@H](C(=O)N(C)C)c2ccccc2)cc1. The molecule has 0 saturated carbocycles. The third-order valence-corrected chi connectivity index (χ3v) is 3.53. The molecule has 0 bridgehead atoms. The molecule has 2 aromatic carbocycles. The molecule has 0 radical (unpaired) electrons. The lowest BCUT2D eigenvalue weighted by molar-refractivity contribution is -0.155. The van der Waals surface area contributed by atoms with E-state index in [0.29, 0.717) is 5.56 Å². The van der Waals surface area contributed by atoms with E-state index in [1.807, 2.05) is 18.2 Å². The van der Waals surface area contributed by atoms with E-state index in [4.69, 9.17) is 9.47 Å². The molecule has 0 aliphatic carbocycles. The second kappa shape index (κ2) is 8.68. The number of ether oxygens (including phenoxy) is 2. The first-order valence-corrected chi connectivity index (χ1v) is 7.80. The fourth-order valence-electron chi connectivity index (χ4n) is 2.16. The third-order valence-electron chi connectivity index (χ3n) is 3.53. The molecule has 5 nitrogen and oxygen atoms in total. The van der Waals surface area contributed by atoms with Crippen molar-refractivity contribution in [1.82, 2.24) is 4.90 Å². The van der Waals surface area contributed by atoms with Gasteiger partial charge in [-0.05, 0) is 23.8 Å². The minimum absolute atomic E-state index is 0.294. The first kappa shape index (κ1) is 18.3. The molecule has 0 fully saturated rings. The van der Waals surface area contributed by atoms with Crippen LogP contribution >= 0.6 is 0 Å². The third kappa shape index (κ3) is 5.21. The van der Waals surface area contributed by atoms with E-state index in [-0.39, 0.29) is 5.91 Å². The molecule has 25 heavy (non-hydrogen) atoms. The zero-order valence-electron chi connectivity index (χ0n) is 14.5. The van der Waals surface area contributed by atoms with Crippen LogP contribution in [0, 0.1) is 0 Å². The van der Waals surface area contributed by atoms with E-state index in [1.54, 1.807) is 63.7 Å². The van der Waals surface area contributed by atoms with Crippen LogP contribution in [0.1, 0.15) is 17.2 Å². The Hall–Kier alpha value is -3.08. The van der Waals surface area contributed by atoms with Crippen LogP contribution in [0.4, 0.5) is 0 Å². The number of esters is 1. The van der Waals surface area contributed by atoms with Crippen LogP contribution in [-0.4, -0.2) is 38.0 Å². The highest BCUT2D eigenvalue weighted by atomic mass is 16.5. The molecule has 5 heteroatoms. The van der Waals surface area contributed by atoms with E-state index in [1.165, 1.54) is 11.0 Å².